The first kappa shape index (κ1) is 55.8. The highest BCUT2D eigenvalue weighted by Crippen LogP contribution is 2.44. The Balaban J connectivity index is 1.54. The number of ether oxygens (including phenoxy) is 6. The molecule has 15 atom stereocenters. The van der Waals surface area contributed by atoms with Gasteiger partial charge in [0.2, 0.25) is 5.91 Å². The Bertz CT molecular complexity index is 2330. The first-order valence-corrected chi connectivity index (χ1v) is 25.7. The van der Waals surface area contributed by atoms with Crippen LogP contribution in [0.4, 0.5) is 5.82 Å². The number of nitrogens with zero attached hydrogens (tertiary/aromatic N) is 4. The van der Waals surface area contributed by atoms with Gasteiger partial charge in [0.05, 0.1) is 71.4 Å². The van der Waals surface area contributed by atoms with Crippen molar-refractivity contribution in [2.75, 3.05) is 26.4 Å². The van der Waals surface area contributed by atoms with Crippen LogP contribution in [0.3, 0.4) is 0 Å². The summed E-state index contributed by atoms with van der Waals surface area (Å²) in [7, 11) is 3.75. The Labute approximate surface area is 422 Å². The van der Waals surface area contributed by atoms with E-state index in [0.29, 0.717) is 29.3 Å². The molecule has 2 bridgehead atoms. The number of aliphatic imine (C=N–C) groups is 1. The van der Waals surface area contributed by atoms with Crippen molar-refractivity contribution in [2.24, 2.45) is 34.6 Å². The van der Waals surface area contributed by atoms with Crippen molar-refractivity contribution in [1.82, 2.24) is 14.9 Å². The monoisotopic (exact) mass is 1000 g/mol. The average Bonchev–Trinajstić information content (AvgIpc) is 3.79. The molecule has 5 N–H and O–H groups in total. The largest absolute Gasteiger partial charge is 0.461 e. The maximum atomic E-state index is 14.8. The van der Waals surface area contributed by atoms with Gasteiger partial charge in [0.25, 0.3) is 0 Å². The maximum absolute atomic E-state index is 14.8. The lowest BCUT2D eigenvalue weighted by molar-refractivity contribution is -0.302. The highest BCUT2D eigenvalue weighted by atomic mass is 32.1. The number of amides is 1. The number of fused-ring (bicyclic) bond motifs is 15. The molecule has 0 aromatic carbocycles. The number of nitrogen functional groups attached to an aromatic ring is 1. The van der Waals surface area contributed by atoms with E-state index < -0.39 is 95.4 Å². The third kappa shape index (κ3) is 13.6. The normalized spacial score (nSPS) is 35.2. The van der Waals surface area contributed by atoms with Crippen molar-refractivity contribution in [3.05, 3.63) is 65.3 Å². The summed E-state index contributed by atoms with van der Waals surface area (Å²) in [6.07, 6.45) is -4.44. The summed E-state index contributed by atoms with van der Waals surface area (Å²) < 4.78 is 40.3. The van der Waals surface area contributed by atoms with E-state index in [9.17, 15) is 30.0 Å². The topological polar surface area (TPSA) is 238 Å². The number of rotatable bonds is 11. The highest BCUT2D eigenvalue weighted by Gasteiger charge is 2.54. The predicted molar refractivity (Wildman–Crippen MR) is 271 cm³/mol. The zero-order valence-electron chi connectivity index (χ0n) is 43.2. The molecule has 7 heterocycles. The minimum absolute atomic E-state index is 0.0970. The molecular formula is C53H76N6O11S. The second kappa shape index (κ2) is 24.0. The van der Waals surface area contributed by atoms with E-state index in [2.05, 4.69) is 9.97 Å². The first-order chi connectivity index (χ1) is 33.5. The third-order valence-electron chi connectivity index (χ3n) is 14.7. The second-order valence-electron chi connectivity index (χ2n) is 20.6. The van der Waals surface area contributed by atoms with Crippen LogP contribution in [0.1, 0.15) is 105 Å². The van der Waals surface area contributed by atoms with E-state index in [1.165, 1.54) is 18.3 Å². The fourth-order valence-electron chi connectivity index (χ4n) is 11.0. The molecule has 18 heteroatoms. The molecule has 71 heavy (non-hydrogen) atoms. The lowest BCUT2D eigenvalue weighted by Crippen LogP contribution is -2.60. The third-order valence-corrected chi connectivity index (χ3v) is 15.8. The molecule has 4 aliphatic heterocycles. The summed E-state index contributed by atoms with van der Waals surface area (Å²) in [6.45, 7) is 15.8. The Kier molecular flexibility index (Phi) is 18.9. The van der Waals surface area contributed by atoms with Crippen molar-refractivity contribution in [3.63, 3.8) is 0 Å². The van der Waals surface area contributed by atoms with Crippen molar-refractivity contribution in [3.8, 4) is 10.6 Å². The van der Waals surface area contributed by atoms with Crippen LogP contribution in [0.25, 0.3) is 10.6 Å². The van der Waals surface area contributed by atoms with E-state index in [-0.39, 0.29) is 63.2 Å². The van der Waals surface area contributed by atoms with Gasteiger partial charge in [-0.3, -0.25) is 19.4 Å². The Morgan fingerprint density at radius 3 is 2.46 bits per heavy atom. The minimum atomic E-state index is -1.73. The van der Waals surface area contributed by atoms with Crippen LogP contribution in [-0.4, -0.2) is 135 Å². The standard InChI is InChI=1S/C53H76N6O11S/c1-12-42-53(9,64)38-21-19-35(54)27-66-52(8,26-29(2)45(57-34(7)60)48(31(38)4)65-28-37-20-22-41(71-37)39-17-15-18-43(55)58-39)49(70-51-46(62)40(59(10)11)24-30(3)67-51)32(5)47(33(6)50(63)68-42)69-44(61)25-36-16-13-14-23-56-36/h13-18,20,22-23,29-33,38,40,42,46-49,51,54,62,64H,12,19,21,24-28H2,1-11H3,(H2,55,58)/t29-,30-,31-,32+,33-,38-,40+,42-,46-,47+,48-,49-,51+,52-,53+/m1/s1. The summed E-state index contributed by atoms with van der Waals surface area (Å²) >= 11 is 1.49. The van der Waals surface area contributed by atoms with Gasteiger partial charge in [-0.15, -0.1) is 11.3 Å². The van der Waals surface area contributed by atoms with Crippen LogP contribution in [0.15, 0.2) is 59.7 Å². The fourth-order valence-corrected chi connectivity index (χ4v) is 11.9. The molecule has 1 amide bonds. The van der Waals surface area contributed by atoms with Crippen LogP contribution in [0.2, 0.25) is 0 Å². The number of nitrogens with one attached hydrogen (secondary N) is 1. The number of nitrogens with two attached hydrogens (primary N) is 1. The number of pyridine rings is 2. The number of carbonyl (C=O) groups is 3. The number of hydrogen-bond acceptors (Lipinski definition) is 17. The van der Waals surface area contributed by atoms with Gasteiger partial charge in [0.15, 0.2) is 6.29 Å². The molecule has 0 radical (unpaired) electrons. The van der Waals surface area contributed by atoms with Crippen LogP contribution in [0.5, 0.6) is 0 Å². The van der Waals surface area contributed by atoms with Gasteiger partial charge in [0.1, 0.15) is 29.7 Å². The molecule has 0 saturated carbocycles. The van der Waals surface area contributed by atoms with Gasteiger partial charge >= 0.3 is 11.9 Å². The van der Waals surface area contributed by atoms with Crippen LogP contribution in [0, 0.1) is 35.0 Å². The van der Waals surface area contributed by atoms with E-state index in [0.717, 1.165) is 9.75 Å². The van der Waals surface area contributed by atoms with Crippen LogP contribution in [-0.2, 0) is 55.8 Å². The SMILES string of the molecule is CC[C@H]1OC(=O)[C@H](C)[C@@H](OC(=O)Cc2ccccn2)[C@H](C)[C@@H](O[C@@H]2O[C@H](C)C[C@H](N(C)C)[C@H]2O)[C@@]2(C)C[C@@H](C)C(=NC(C)=O)[C@H](OCc3ccc(-c4cccc(N)n4)s3)[C@H](C)[C@@H](CCC(=N)CO2)[C@]1(C)O. The van der Waals surface area contributed by atoms with Gasteiger partial charge in [-0.1, -0.05) is 39.8 Å². The summed E-state index contributed by atoms with van der Waals surface area (Å²) in [5.74, 6) is -5.38. The van der Waals surface area contributed by atoms with E-state index in [4.69, 9.17) is 39.1 Å². The smallest absolute Gasteiger partial charge is 0.312 e. The molecule has 4 aliphatic rings. The minimum Gasteiger partial charge on any atom is -0.461 e. The van der Waals surface area contributed by atoms with Crippen molar-refractivity contribution in [2.45, 2.75) is 168 Å². The van der Waals surface area contributed by atoms with Crippen LogP contribution >= 0.6 is 11.3 Å². The molecule has 390 valence electrons. The van der Waals surface area contributed by atoms with Gasteiger partial charge < -0.3 is 54.7 Å². The summed E-state index contributed by atoms with van der Waals surface area (Å²) in [5, 5.41) is 34.4. The second-order valence-corrected chi connectivity index (χ2v) is 21.8. The lowest BCUT2D eigenvalue weighted by atomic mass is 9.69. The van der Waals surface area contributed by atoms with Crippen LogP contribution < -0.4 is 5.73 Å². The maximum Gasteiger partial charge on any atom is 0.312 e. The molecule has 3 aromatic rings. The van der Waals surface area contributed by atoms with E-state index in [1.807, 2.05) is 77.9 Å². The van der Waals surface area contributed by atoms with Crippen molar-refractivity contribution < 1.29 is 53.0 Å². The number of aliphatic hydroxyl groups excluding tert-OH is 1. The number of anilines is 1. The molecule has 0 aliphatic carbocycles. The number of thiophene rings is 1. The van der Waals surface area contributed by atoms with E-state index >= 15 is 0 Å². The Hall–Kier alpha value is -4.53. The predicted octanol–water partition coefficient (Wildman–Crippen LogP) is 6.85. The number of hydrogen-bond donors (Lipinski definition) is 4. The number of likely N-dealkylation sites (N-methyl/N-ethyl adjacent to an activating group) is 1. The number of carbonyl (C=O) groups excluding carboxylic acids is 3. The summed E-state index contributed by atoms with van der Waals surface area (Å²) in [4.78, 5) is 59.6. The molecule has 7 rings (SSSR count). The molecule has 3 aromatic heterocycles. The average molecular weight is 1010 g/mol. The Morgan fingerprint density at radius 2 is 1.80 bits per heavy atom. The zero-order chi connectivity index (χ0) is 51.9. The molecule has 0 unspecified atom stereocenters. The number of aromatic nitrogens is 2. The van der Waals surface area contributed by atoms with Gasteiger partial charge in [-0.2, -0.15) is 0 Å². The van der Waals surface area contributed by atoms with Crippen molar-refractivity contribution >= 4 is 46.4 Å². The zero-order valence-corrected chi connectivity index (χ0v) is 44.0. The van der Waals surface area contributed by atoms with Gasteiger partial charge in [-0.05, 0) is 122 Å². The van der Waals surface area contributed by atoms with Gasteiger partial charge in [-0.25, -0.2) is 9.98 Å². The van der Waals surface area contributed by atoms with Gasteiger partial charge in [0, 0.05) is 41.6 Å². The number of esters is 2. The summed E-state index contributed by atoms with van der Waals surface area (Å²) in [6, 6.07) is 14.2. The summed E-state index contributed by atoms with van der Waals surface area (Å²) in [5.41, 5.74) is 4.67. The first-order valence-electron chi connectivity index (χ1n) is 24.9. The molecular weight excluding hydrogens is 929 g/mol. The molecule has 4 saturated heterocycles. The number of aliphatic hydroxyl groups is 2. The molecule has 4 fully saturated rings. The highest BCUT2D eigenvalue weighted by molar-refractivity contribution is 7.15. The fraction of sp³-hybridized carbons (Fsp3) is 0.642. The van der Waals surface area contributed by atoms with E-state index in [1.54, 1.807) is 51.2 Å². The lowest BCUT2D eigenvalue weighted by Gasteiger charge is -2.48. The molecule has 17 nitrogen and oxygen atoms in total. The molecule has 0 spiro atoms. The quantitative estimate of drug-likeness (QED) is 0.144. The van der Waals surface area contributed by atoms with Crippen molar-refractivity contribution in [1.29, 1.82) is 5.41 Å². The Morgan fingerprint density at radius 1 is 1.06 bits per heavy atom.